The summed E-state index contributed by atoms with van der Waals surface area (Å²) in [7, 11) is 0. The van der Waals surface area contributed by atoms with Crippen molar-refractivity contribution < 1.29 is 21.3 Å². The average molecular weight is 406 g/mol. The quantitative estimate of drug-likeness (QED) is 0.545. The molecule has 0 heterocycles. The van der Waals surface area contributed by atoms with E-state index in [9.17, 15) is 0 Å². The SMILES string of the molecule is C[CH]=[Zr]([CH]1C(C)=Cc2c(C)cccc21)[CH]1C(C)=Cc2c(C)cccc21. The molecule has 0 N–H and O–H groups in total. The third kappa shape index (κ3) is 2.63. The second-order valence-electron chi connectivity index (χ2n) is 7.59. The maximum absolute atomic E-state index is 2.64. The van der Waals surface area contributed by atoms with Crippen LogP contribution in [0, 0.1) is 13.8 Å². The Morgan fingerprint density at radius 2 is 1.16 bits per heavy atom. The summed E-state index contributed by atoms with van der Waals surface area (Å²) in [5.74, 6) is 0. The van der Waals surface area contributed by atoms with Crippen LogP contribution in [0.1, 0.15) is 61.4 Å². The summed E-state index contributed by atoms with van der Waals surface area (Å²) < 4.78 is 4.01. The minimum absolute atomic E-state index is 0.683. The van der Waals surface area contributed by atoms with Gasteiger partial charge in [-0.15, -0.1) is 0 Å². The fraction of sp³-hybridized carbons (Fsp3) is 0.292. The molecule has 126 valence electrons. The van der Waals surface area contributed by atoms with Gasteiger partial charge in [-0.3, -0.25) is 0 Å². The molecule has 25 heavy (non-hydrogen) atoms. The Balaban J connectivity index is 1.85. The van der Waals surface area contributed by atoms with Crippen LogP contribution in [0.5, 0.6) is 0 Å². The van der Waals surface area contributed by atoms with Gasteiger partial charge in [0.1, 0.15) is 0 Å². The van der Waals surface area contributed by atoms with Crippen molar-refractivity contribution in [1.82, 2.24) is 0 Å². The van der Waals surface area contributed by atoms with E-state index in [0.29, 0.717) is 7.25 Å². The van der Waals surface area contributed by atoms with Crippen LogP contribution in [0.2, 0.25) is 0 Å². The molecule has 0 aliphatic heterocycles. The molecule has 0 bridgehead atoms. The van der Waals surface area contributed by atoms with E-state index in [2.05, 4.69) is 86.9 Å². The number of hydrogen-bond donors (Lipinski definition) is 0. The Morgan fingerprint density at radius 1 is 0.720 bits per heavy atom. The molecule has 0 amide bonds. The van der Waals surface area contributed by atoms with Crippen LogP contribution < -0.4 is 0 Å². The molecule has 0 saturated carbocycles. The second kappa shape index (κ2) is 6.44. The minimum atomic E-state index is -1.92. The summed E-state index contributed by atoms with van der Waals surface area (Å²) in [6.07, 6.45) is 4.93. The van der Waals surface area contributed by atoms with Gasteiger partial charge in [-0.05, 0) is 0 Å². The third-order valence-corrected chi connectivity index (χ3v) is 14.7. The molecule has 2 unspecified atom stereocenters. The monoisotopic (exact) mass is 404 g/mol. The Labute approximate surface area is 159 Å². The molecule has 0 fully saturated rings. The van der Waals surface area contributed by atoms with Crippen LogP contribution in [-0.4, -0.2) is 3.71 Å². The van der Waals surface area contributed by atoms with Gasteiger partial charge < -0.3 is 0 Å². The Bertz CT molecular complexity index is 881. The van der Waals surface area contributed by atoms with Gasteiger partial charge in [0.2, 0.25) is 0 Å². The topological polar surface area (TPSA) is 0 Å². The predicted octanol–water partition coefficient (Wildman–Crippen LogP) is 6.36. The van der Waals surface area contributed by atoms with Gasteiger partial charge in [0.25, 0.3) is 0 Å². The van der Waals surface area contributed by atoms with E-state index in [-0.39, 0.29) is 0 Å². The zero-order valence-corrected chi connectivity index (χ0v) is 18.3. The zero-order valence-electron chi connectivity index (χ0n) is 15.9. The van der Waals surface area contributed by atoms with Gasteiger partial charge in [-0.2, -0.15) is 0 Å². The van der Waals surface area contributed by atoms with E-state index in [4.69, 9.17) is 0 Å². The number of aryl methyl sites for hydroxylation is 2. The van der Waals surface area contributed by atoms with Crippen LogP contribution in [-0.2, 0) is 21.3 Å². The molecule has 2 aromatic carbocycles. The molecule has 0 nitrogen and oxygen atoms in total. The summed E-state index contributed by atoms with van der Waals surface area (Å²) in [4.78, 5) is 0. The van der Waals surface area contributed by atoms with Gasteiger partial charge in [0.05, 0.1) is 0 Å². The van der Waals surface area contributed by atoms with E-state index < -0.39 is 21.3 Å². The molecule has 2 aliphatic rings. The molecule has 0 radical (unpaired) electrons. The molecule has 2 aliphatic carbocycles. The molecule has 4 rings (SSSR count). The van der Waals surface area contributed by atoms with Gasteiger partial charge >= 0.3 is 160 Å². The normalized spacial score (nSPS) is 20.7. The van der Waals surface area contributed by atoms with Gasteiger partial charge in [0.15, 0.2) is 0 Å². The Morgan fingerprint density at radius 3 is 1.56 bits per heavy atom. The van der Waals surface area contributed by atoms with Crippen molar-refractivity contribution in [1.29, 1.82) is 0 Å². The summed E-state index contributed by atoms with van der Waals surface area (Å²) in [6.45, 7) is 11.6. The Kier molecular flexibility index (Phi) is 4.40. The second-order valence-corrected chi connectivity index (χ2v) is 14.3. The van der Waals surface area contributed by atoms with Crippen molar-refractivity contribution in [3.63, 3.8) is 0 Å². The molecule has 0 spiro atoms. The zero-order chi connectivity index (χ0) is 17.7. The van der Waals surface area contributed by atoms with E-state index in [1.807, 2.05) is 0 Å². The fourth-order valence-electron chi connectivity index (χ4n) is 4.80. The molecule has 0 saturated heterocycles. The number of hydrogen-bond acceptors (Lipinski definition) is 0. The first-order chi connectivity index (χ1) is 12.0. The third-order valence-electron chi connectivity index (χ3n) is 5.99. The van der Waals surface area contributed by atoms with Crippen LogP contribution in [0.4, 0.5) is 0 Å². The summed E-state index contributed by atoms with van der Waals surface area (Å²) in [6, 6.07) is 13.8. The van der Waals surface area contributed by atoms with Crippen molar-refractivity contribution in [2.75, 3.05) is 0 Å². The van der Waals surface area contributed by atoms with E-state index in [1.165, 1.54) is 22.3 Å². The van der Waals surface area contributed by atoms with E-state index in [0.717, 1.165) is 0 Å². The van der Waals surface area contributed by atoms with Crippen LogP contribution in [0.3, 0.4) is 0 Å². The van der Waals surface area contributed by atoms with Crippen molar-refractivity contribution in [3.05, 3.63) is 80.9 Å². The molecular weight excluding hydrogens is 379 g/mol. The first kappa shape index (κ1) is 17.1. The summed E-state index contributed by atoms with van der Waals surface area (Å²) in [5.41, 5.74) is 12.2. The standard InChI is InChI=1S/2C11H11.C2H4.Zr/c2*1-8-6-10-5-3-4-9(2)11(10)7-8;1-2;/h2*3-7H,1-2H3;1H,2H3;. The first-order valence-electron chi connectivity index (χ1n) is 9.24. The number of allylic oxidation sites excluding steroid dienone is 2. The van der Waals surface area contributed by atoms with Crippen LogP contribution >= 0.6 is 0 Å². The van der Waals surface area contributed by atoms with Crippen molar-refractivity contribution in [2.24, 2.45) is 0 Å². The predicted molar refractivity (Wildman–Crippen MR) is 107 cm³/mol. The average Bonchev–Trinajstić information content (AvgIpc) is 3.09. The van der Waals surface area contributed by atoms with Crippen LogP contribution in [0.15, 0.2) is 47.5 Å². The molecular formula is C24H26Zr. The van der Waals surface area contributed by atoms with Crippen molar-refractivity contribution >= 4 is 15.9 Å². The molecule has 2 aromatic rings. The van der Waals surface area contributed by atoms with Crippen molar-refractivity contribution in [3.8, 4) is 0 Å². The molecule has 2 atom stereocenters. The number of rotatable bonds is 2. The van der Waals surface area contributed by atoms with E-state index >= 15 is 0 Å². The maximum atomic E-state index is 2.64. The van der Waals surface area contributed by atoms with Crippen molar-refractivity contribution in [2.45, 2.75) is 41.9 Å². The first-order valence-corrected chi connectivity index (χ1v) is 13.5. The van der Waals surface area contributed by atoms with Gasteiger partial charge in [-0.1, -0.05) is 0 Å². The number of benzene rings is 2. The molecule has 0 aromatic heterocycles. The van der Waals surface area contributed by atoms with E-state index in [1.54, 1.807) is 22.3 Å². The fourth-order valence-corrected chi connectivity index (χ4v) is 13.3. The van der Waals surface area contributed by atoms with Crippen LogP contribution in [0.25, 0.3) is 12.2 Å². The number of fused-ring (bicyclic) bond motifs is 2. The van der Waals surface area contributed by atoms with Gasteiger partial charge in [-0.25, -0.2) is 0 Å². The molecule has 1 heteroatoms. The summed E-state index contributed by atoms with van der Waals surface area (Å²) in [5, 5.41) is 0. The summed E-state index contributed by atoms with van der Waals surface area (Å²) >= 11 is -1.92. The Hall–Kier alpha value is -1.33. The van der Waals surface area contributed by atoms with Gasteiger partial charge in [0, 0.05) is 0 Å².